The van der Waals surface area contributed by atoms with E-state index in [0.29, 0.717) is 24.1 Å². The van der Waals surface area contributed by atoms with E-state index < -0.39 is 15.8 Å². The summed E-state index contributed by atoms with van der Waals surface area (Å²) in [6.07, 6.45) is 0.564. The van der Waals surface area contributed by atoms with E-state index in [1.165, 1.54) is 4.57 Å². The van der Waals surface area contributed by atoms with Gasteiger partial charge in [0.1, 0.15) is 0 Å². The van der Waals surface area contributed by atoms with Crippen LogP contribution in [-0.2, 0) is 23.5 Å². The summed E-state index contributed by atoms with van der Waals surface area (Å²) in [5.41, 5.74) is 2.19. The van der Waals surface area contributed by atoms with Gasteiger partial charge < -0.3 is 4.42 Å². The smallest absolute Gasteiger partial charge is 0.408 e. The molecule has 6 nitrogen and oxygen atoms in total. The molecule has 0 bridgehead atoms. The minimum Gasteiger partial charge on any atom is -0.408 e. The highest BCUT2D eigenvalue weighted by atomic mass is 32.2. The SMILES string of the molecule is CCS(=O)(=O)NCCc1ccc2oc(=O)n(C)c2c1. The predicted octanol–water partition coefficient (Wildman–Crippen LogP) is 0.613. The molecule has 1 heterocycles. The van der Waals surface area contributed by atoms with Crippen LogP contribution in [0.15, 0.2) is 27.4 Å². The highest BCUT2D eigenvalue weighted by molar-refractivity contribution is 7.89. The molecule has 19 heavy (non-hydrogen) atoms. The van der Waals surface area contributed by atoms with Gasteiger partial charge in [-0.1, -0.05) is 6.07 Å². The molecule has 1 aromatic carbocycles. The first-order valence-electron chi connectivity index (χ1n) is 5.99. The summed E-state index contributed by atoms with van der Waals surface area (Å²) in [4.78, 5) is 11.3. The molecule has 0 aliphatic rings. The van der Waals surface area contributed by atoms with Gasteiger partial charge in [-0.3, -0.25) is 4.57 Å². The van der Waals surface area contributed by atoms with E-state index in [1.54, 1.807) is 20.0 Å². The molecule has 7 heteroatoms. The largest absolute Gasteiger partial charge is 0.419 e. The predicted molar refractivity (Wildman–Crippen MR) is 72.6 cm³/mol. The Kier molecular flexibility index (Phi) is 3.77. The van der Waals surface area contributed by atoms with Crippen LogP contribution in [0.25, 0.3) is 11.1 Å². The van der Waals surface area contributed by atoms with Crippen molar-refractivity contribution in [2.45, 2.75) is 13.3 Å². The quantitative estimate of drug-likeness (QED) is 0.872. The highest BCUT2D eigenvalue weighted by Crippen LogP contribution is 2.14. The van der Waals surface area contributed by atoms with E-state index in [9.17, 15) is 13.2 Å². The van der Waals surface area contributed by atoms with Gasteiger partial charge in [-0.15, -0.1) is 0 Å². The third-order valence-corrected chi connectivity index (χ3v) is 4.38. The molecule has 0 spiro atoms. The van der Waals surface area contributed by atoms with Crippen LogP contribution in [0, 0.1) is 0 Å². The number of rotatable bonds is 5. The van der Waals surface area contributed by atoms with E-state index in [1.807, 2.05) is 12.1 Å². The van der Waals surface area contributed by atoms with Crippen LogP contribution in [-0.4, -0.2) is 25.3 Å². The van der Waals surface area contributed by atoms with Crippen LogP contribution in [0.1, 0.15) is 12.5 Å². The average Bonchev–Trinajstić information content (AvgIpc) is 2.65. The van der Waals surface area contributed by atoms with Crippen LogP contribution < -0.4 is 10.5 Å². The zero-order valence-electron chi connectivity index (χ0n) is 10.8. The fraction of sp³-hybridized carbons (Fsp3) is 0.417. The number of hydrogen-bond donors (Lipinski definition) is 1. The highest BCUT2D eigenvalue weighted by Gasteiger charge is 2.08. The van der Waals surface area contributed by atoms with Crippen molar-refractivity contribution in [2.24, 2.45) is 7.05 Å². The first-order valence-corrected chi connectivity index (χ1v) is 7.64. The molecule has 0 fully saturated rings. The lowest BCUT2D eigenvalue weighted by atomic mass is 10.1. The maximum Gasteiger partial charge on any atom is 0.419 e. The molecule has 1 N–H and O–H groups in total. The Balaban J connectivity index is 2.14. The zero-order chi connectivity index (χ0) is 14.0. The summed E-state index contributed by atoms with van der Waals surface area (Å²) in [5.74, 6) is -0.332. The second kappa shape index (κ2) is 5.18. The van der Waals surface area contributed by atoms with Crippen molar-refractivity contribution in [2.75, 3.05) is 12.3 Å². The van der Waals surface area contributed by atoms with Crippen LogP contribution in [0.3, 0.4) is 0 Å². The number of aromatic nitrogens is 1. The summed E-state index contributed by atoms with van der Waals surface area (Å²) in [5, 5.41) is 0. The molecule has 2 aromatic rings. The fourth-order valence-electron chi connectivity index (χ4n) is 1.78. The molecular formula is C12H16N2O4S. The molecule has 0 radical (unpaired) electrons. The van der Waals surface area contributed by atoms with Crippen molar-refractivity contribution < 1.29 is 12.8 Å². The van der Waals surface area contributed by atoms with Crippen molar-refractivity contribution in [1.29, 1.82) is 0 Å². The summed E-state index contributed by atoms with van der Waals surface area (Å²) < 4.78 is 31.5. The standard InChI is InChI=1S/C12H16N2O4S/c1-3-19(16,17)13-7-6-9-4-5-11-10(8-9)14(2)12(15)18-11/h4-5,8,13H,3,6-7H2,1-2H3. The Morgan fingerprint density at radius 2 is 2.11 bits per heavy atom. The van der Waals surface area contributed by atoms with Gasteiger partial charge in [-0.05, 0) is 31.0 Å². The van der Waals surface area contributed by atoms with Crippen LogP contribution in [0.4, 0.5) is 0 Å². The maximum atomic E-state index is 11.3. The molecule has 2 rings (SSSR count). The van der Waals surface area contributed by atoms with Gasteiger partial charge in [0.05, 0.1) is 11.3 Å². The van der Waals surface area contributed by atoms with Crippen molar-refractivity contribution in [3.63, 3.8) is 0 Å². The van der Waals surface area contributed by atoms with Crippen LogP contribution in [0.5, 0.6) is 0 Å². The summed E-state index contributed by atoms with van der Waals surface area (Å²) >= 11 is 0. The van der Waals surface area contributed by atoms with Gasteiger partial charge in [-0.25, -0.2) is 17.9 Å². The topological polar surface area (TPSA) is 81.3 Å². The zero-order valence-corrected chi connectivity index (χ0v) is 11.7. The molecule has 1 aromatic heterocycles. The third kappa shape index (κ3) is 3.05. The van der Waals surface area contributed by atoms with Gasteiger partial charge in [-0.2, -0.15) is 0 Å². The number of oxazole rings is 1. The Hall–Kier alpha value is -1.60. The number of benzene rings is 1. The van der Waals surface area contributed by atoms with Crippen molar-refractivity contribution in [3.8, 4) is 0 Å². The van der Waals surface area contributed by atoms with Crippen molar-refractivity contribution >= 4 is 21.1 Å². The maximum absolute atomic E-state index is 11.3. The van der Waals surface area contributed by atoms with E-state index in [-0.39, 0.29) is 5.75 Å². The molecule has 0 amide bonds. The van der Waals surface area contributed by atoms with Gasteiger partial charge >= 0.3 is 5.76 Å². The molecule has 0 aliphatic heterocycles. The van der Waals surface area contributed by atoms with Gasteiger partial charge in [0.25, 0.3) is 0 Å². The molecule has 0 unspecified atom stereocenters. The van der Waals surface area contributed by atoms with Crippen molar-refractivity contribution in [3.05, 3.63) is 34.3 Å². The molecule has 0 saturated heterocycles. The molecule has 0 aliphatic carbocycles. The monoisotopic (exact) mass is 284 g/mol. The van der Waals surface area contributed by atoms with Gasteiger partial charge in [0.2, 0.25) is 10.0 Å². The lowest BCUT2D eigenvalue weighted by Gasteiger charge is -2.04. The normalized spacial score (nSPS) is 12.1. The first-order chi connectivity index (χ1) is 8.93. The number of aryl methyl sites for hydroxylation is 1. The summed E-state index contributed by atoms with van der Waals surface area (Å²) in [6, 6.07) is 5.38. The number of sulfonamides is 1. The lowest BCUT2D eigenvalue weighted by molar-refractivity contribution is 0.528. The van der Waals surface area contributed by atoms with E-state index in [0.717, 1.165) is 5.56 Å². The van der Waals surface area contributed by atoms with Crippen LogP contribution in [0.2, 0.25) is 0 Å². The van der Waals surface area contributed by atoms with E-state index in [4.69, 9.17) is 4.42 Å². The number of nitrogens with zero attached hydrogens (tertiary/aromatic N) is 1. The molecular weight excluding hydrogens is 268 g/mol. The van der Waals surface area contributed by atoms with E-state index >= 15 is 0 Å². The van der Waals surface area contributed by atoms with Gasteiger partial charge in [0, 0.05) is 13.6 Å². The number of hydrogen-bond acceptors (Lipinski definition) is 4. The van der Waals surface area contributed by atoms with Crippen molar-refractivity contribution in [1.82, 2.24) is 9.29 Å². The molecule has 0 atom stereocenters. The Morgan fingerprint density at radius 3 is 2.79 bits per heavy atom. The summed E-state index contributed by atoms with van der Waals surface area (Å²) in [6.45, 7) is 1.93. The number of nitrogens with one attached hydrogen (secondary N) is 1. The van der Waals surface area contributed by atoms with Crippen LogP contribution >= 0.6 is 0 Å². The minimum absolute atomic E-state index is 0.0717. The second-order valence-corrected chi connectivity index (χ2v) is 6.37. The third-order valence-electron chi connectivity index (χ3n) is 2.97. The Labute approximate surface area is 111 Å². The average molecular weight is 284 g/mol. The molecule has 0 saturated carbocycles. The first kappa shape index (κ1) is 13.8. The lowest BCUT2D eigenvalue weighted by Crippen LogP contribution is -2.27. The fourth-order valence-corrected chi connectivity index (χ4v) is 2.40. The second-order valence-electron chi connectivity index (χ2n) is 4.28. The Morgan fingerprint density at radius 1 is 1.37 bits per heavy atom. The van der Waals surface area contributed by atoms with E-state index in [2.05, 4.69) is 4.72 Å². The number of fused-ring (bicyclic) bond motifs is 1. The molecule has 104 valence electrons. The summed E-state index contributed by atoms with van der Waals surface area (Å²) in [7, 11) is -1.52. The minimum atomic E-state index is -3.16. The Bertz CT molecular complexity index is 743. The van der Waals surface area contributed by atoms with Gasteiger partial charge in [0.15, 0.2) is 5.58 Å².